The summed E-state index contributed by atoms with van der Waals surface area (Å²) in [7, 11) is 0. The molecule has 0 fully saturated rings. The Morgan fingerprint density at radius 1 is 1.33 bits per heavy atom. The lowest BCUT2D eigenvalue weighted by atomic mass is 10.1. The molecule has 0 saturated heterocycles. The first-order valence-electron chi connectivity index (χ1n) is 4.87. The largest absolute Gasteiger partial charge is 0.419 e. The zero-order chi connectivity index (χ0) is 10.8. The van der Waals surface area contributed by atoms with Gasteiger partial charge < -0.3 is 4.42 Å². The molecule has 0 aliphatic rings. The number of H-pyrrole nitrogens is 1. The van der Waals surface area contributed by atoms with Crippen LogP contribution < -0.4 is 11.4 Å². The Kier molecular flexibility index (Phi) is 2.41. The number of fused-ring (bicyclic) bond motifs is 1. The van der Waals surface area contributed by atoms with Gasteiger partial charge >= 0.3 is 11.4 Å². The minimum atomic E-state index is -0.698. The number of benzene rings is 1. The van der Waals surface area contributed by atoms with Crippen LogP contribution in [0.5, 0.6) is 0 Å². The quantitative estimate of drug-likeness (QED) is 0.806. The van der Waals surface area contributed by atoms with Crippen molar-refractivity contribution in [2.75, 3.05) is 0 Å². The maximum atomic E-state index is 11.4. The van der Waals surface area contributed by atoms with E-state index in [0.29, 0.717) is 10.9 Å². The third-order valence-electron chi connectivity index (χ3n) is 2.30. The van der Waals surface area contributed by atoms with Crippen LogP contribution in [0.4, 0.5) is 0 Å². The predicted octanol–water partition coefficient (Wildman–Crippen LogP) is 1.43. The molecule has 1 aromatic heterocycles. The molecule has 1 heterocycles. The van der Waals surface area contributed by atoms with E-state index in [4.69, 9.17) is 0 Å². The van der Waals surface area contributed by atoms with Gasteiger partial charge in [-0.05, 0) is 18.1 Å². The van der Waals surface area contributed by atoms with Crippen LogP contribution in [0.25, 0.3) is 10.9 Å². The van der Waals surface area contributed by atoms with E-state index >= 15 is 0 Å². The number of para-hydroxylation sites is 1. The summed E-state index contributed by atoms with van der Waals surface area (Å²) in [6, 6.07) is 5.35. The maximum absolute atomic E-state index is 11.4. The Morgan fingerprint density at radius 3 is 2.87 bits per heavy atom. The van der Waals surface area contributed by atoms with Crippen molar-refractivity contribution < 1.29 is 4.42 Å². The van der Waals surface area contributed by atoms with Gasteiger partial charge in [0.05, 0.1) is 10.9 Å². The van der Waals surface area contributed by atoms with E-state index in [9.17, 15) is 9.59 Å². The van der Waals surface area contributed by atoms with Gasteiger partial charge in [-0.1, -0.05) is 25.5 Å². The molecule has 0 unspecified atom stereocenters. The fraction of sp³-hybridized carbons (Fsp3) is 0.273. The highest BCUT2D eigenvalue weighted by Crippen LogP contribution is 2.13. The van der Waals surface area contributed by atoms with Gasteiger partial charge in [0.1, 0.15) is 0 Å². The number of rotatable bonds is 2. The molecule has 1 N–H and O–H groups in total. The second kappa shape index (κ2) is 3.73. The highest BCUT2D eigenvalue weighted by Gasteiger charge is 2.05. The molecule has 0 atom stereocenters. The Balaban J connectivity index is 2.85. The summed E-state index contributed by atoms with van der Waals surface area (Å²) in [4.78, 5) is 25.0. The number of hydrogen-bond donors (Lipinski definition) is 1. The first-order chi connectivity index (χ1) is 7.22. The molecule has 0 aliphatic heterocycles. The van der Waals surface area contributed by atoms with E-state index in [1.165, 1.54) is 0 Å². The van der Waals surface area contributed by atoms with Crippen molar-refractivity contribution in [1.29, 1.82) is 0 Å². The monoisotopic (exact) mass is 205 g/mol. The van der Waals surface area contributed by atoms with Crippen LogP contribution in [-0.2, 0) is 6.42 Å². The highest BCUT2D eigenvalue weighted by molar-refractivity contribution is 5.80. The molecule has 1 aromatic carbocycles. The fourth-order valence-electron chi connectivity index (χ4n) is 1.66. The van der Waals surface area contributed by atoms with Crippen LogP contribution >= 0.6 is 0 Å². The topological polar surface area (TPSA) is 63.1 Å². The van der Waals surface area contributed by atoms with Crippen LogP contribution in [0.2, 0.25) is 0 Å². The minimum absolute atomic E-state index is 0.431. The summed E-state index contributed by atoms with van der Waals surface area (Å²) in [5.41, 5.74) is 0.993. The summed E-state index contributed by atoms with van der Waals surface area (Å²) in [5, 5.41) is 0.431. The molecule has 0 spiro atoms. The van der Waals surface area contributed by atoms with Crippen LogP contribution in [0.15, 0.2) is 32.2 Å². The summed E-state index contributed by atoms with van der Waals surface area (Å²) in [6.45, 7) is 2.04. The summed E-state index contributed by atoms with van der Waals surface area (Å²) >= 11 is 0. The summed E-state index contributed by atoms with van der Waals surface area (Å²) in [6.07, 6.45) is 1.79. The van der Waals surface area contributed by atoms with Crippen molar-refractivity contribution in [3.63, 3.8) is 0 Å². The van der Waals surface area contributed by atoms with Gasteiger partial charge in [0, 0.05) is 0 Å². The highest BCUT2D eigenvalue weighted by atomic mass is 16.4. The van der Waals surface area contributed by atoms with Crippen molar-refractivity contribution >= 4 is 10.9 Å². The molecule has 2 rings (SSSR count). The number of aromatic nitrogens is 1. The average molecular weight is 205 g/mol. The zero-order valence-corrected chi connectivity index (χ0v) is 8.37. The van der Waals surface area contributed by atoms with Crippen LogP contribution in [0, 0.1) is 0 Å². The van der Waals surface area contributed by atoms with E-state index in [-0.39, 0.29) is 0 Å². The maximum Gasteiger partial charge on any atom is 0.419 e. The molecule has 4 nitrogen and oxygen atoms in total. The average Bonchev–Trinajstić information content (AvgIpc) is 2.19. The van der Waals surface area contributed by atoms with Crippen molar-refractivity contribution in [2.45, 2.75) is 19.8 Å². The molecule has 78 valence electrons. The number of nitrogens with one attached hydrogen (secondary N) is 1. The smallest absolute Gasteiger partial charge is 0.372 e. The molecule has 0 aliphatic carbocycles. The molecule has 0 bridgehead atoms. The van der Waals surface area contributed by atoms with Gasteiger partial charge in [0.2, 0.25) is 0 Å². The molecule has 0 saturated carbocycles. The second-order valence-corrected chi connectivity index (χ2v) is 3.39. The van der Waals surface area contributed by atoms with Crippen LogP contribution in [-0.4, -0.2) is 4.98 Å². The summed E-state index contributed by atoms with van der Waals surface area (Å²) in [5.74, 6) is -0.698. The number of aromatic amines is 1. The van der Waals surface area contributed by atoms with E-state index in [2.05, 4.69) is 9.40 Å². The molecule has 0 amide bonds. The lowest BCUT2D eigenvalue weighted by molar-refractivity contribution is 0.460. The van der Waals surface area contributed by atoms with Gasteiger partial charge in [0.25, 0.3) is 0 Å². The molecule has 0 radical (unpaired) electrons. The lowest BCUT2D eigenvalue weighted by Crippen LogP contribution is -2.15. The van der Waals surface area contributed by atoms with Gasteiger partial charge in [-0.2, -0.15) is 0 Å². The Hall–Kier alpha value is -1.84. The second-order valence-electron chi connectivity index (χ2n) is 3.39. The molecule has 2 aromatic rings. The third kappa shape index (κ3) is 1.70. The first kappa shape index (κ1) is 9.71. The van der Waals surface area contributed by atoms with E-state index < -0.39 is 11.4 Å². The van der Waals surface area contributed by atoms with Crippen LogP contribution in [0.3, 0.4) is 0 Å². The van der Waals surface area contributed by atoms with Gasteiger partial charge in [-0.15, -0.1) is 0 Å². The van der Waals surface area contributed by atoms with Crippen molar-refractivity contribution in [3.05, 3.63) is 44.7 Å². The minimum Gasteiger partial charge on any atom is -0.372 e. The van der Waals surface area contributed by atoms with E-state index in [0.717, 1.165) is 18.4 Å². The Labute approximate surface area is 85.6 Å². The van der Waals surface area contributed by atoms with Crippen LogP contribution in [0.1, 0.15) is 18.9 Å². The summed E-state index contributed by atoms with van der Waals surface area (Å²) < 4.78 is 4.46. The molecule has 15 heavy (non-hydrogen) atoms. The van der Waals surface area contributed by atoms with Gasteiger partial charge in [0.15, 0.2) is 0 Å². The van der Waals surface area contributed by atoms with E-state index in [1.54, 1.807) is 12.1 Å². The van der Waals surface area contributed by atoms with Crippen molar-refractivity contribution in [3.8, 4) is 0 Å². The Morgan fingerprint density at radius 2 is 2.13 bits per heavy atom. The number of aryl methyl sites for hydroxylation is 1. The van der Waals surface area contributed by atoms with Crippen molar-refractivity contribution in [1.82, 2.24) is 4.98 Å². The van der Waals surface area contributed by atoms with E-state index in [1.807, 2.05) is 13.0 Å². The normalized spacial score (nSPS) is 10.7. The fourth-order valence-corrected chi connectivity index (χ4v) is 1.66. The third-order valence-corrected chi connectivity index (χ3v) is 2.30. The zero-order valence-electron chi connectivity index (χ0n) is 8.37. The molecule has 4 heteroatoms. The molecular formula is C11H11NO3. The lowest BCUT2D eigenvalue weighted by Gasteiger charge is -2.02. The SMILES string of the molecule is CCCc1cccc2c(=O)oc(=O)[nH]c12. The molecular weight excluding hydrogens is 194 g/mol. The van der Waals surface area contributed by atoms with Gasteiger partial charge in [-0.3, -0.25) is 4.98 Å². The first-order valence-corrected chi connectivity index (χ1v) is 4.87. The predicted molar refractivity (Wildman–Crippen MR) is 57.1 cm³/mol. The number of hydrogen-bond acceptors (Lipinski definition) is 3. The van der Waals surface area contributed by atoms with Crippen molar-refractivity contribution in [2.24, 2.45) is 0 Å². The standard InChI is InChI=1S/C11H11NO3/c1-2-4-7-5-3-6-8-9(7)12-11(14)15-10(8)13/h3,5-6H,2,4H2,1H3,(H,12,14). The Bertz CT molecular complexity index is 595. The van der Waals surface area contributed by atoms with Gasteiger partial charge in [-0.25, -0.2) is 9.59 Å².